The maximum Gasteiger partial charge on any atom is 0.328 e. The minimum Gasteiger partial charge on any atom is -0.478 e. The molecule has 2 heterocycles. The minimum atomic E-state index is -0.969. The molecule has 0 spiro atoms. The summed E-state index contributed by atoms with van der Waals surface area (Å²) in [5.74, 6) is 0.279. The molecule has 144 valence electrons. The summed E-state index contributed by atoms with van der Waals surface area (Å²) >= 11 is 0. The topological polar surface area (TPSA) is 79.4 Å². The number of nitrogens with zero attached hydrogens (tertiary/aromatic N) is 2. The molecule has 27 heavy (non-hydrogen) atoms. The van der Waals surface area contributed by atoms with Gasteiger partial charge in [-0.2, -0.15) is 0 Å². The predicted molar refractivity (Wildman–Crippen MR) is 111 cm³/mol. The Labute approximate surface area is 166 Å². The highest BCUT2D eigenvalue weighted by atomic mass is 35.5. The Hall–Kier alpha value is -2.37. The minimum absolute atomic E-state index is 0. The van der Waals surface area contributed by atoms with Crippen LogP contribution in [0.5, 0.6) is 0 Å². The van der Waals surface area contributed by atoms with Crippen LogP contribution >= 0.6 is 12.4 Å². The first-order valence-electron chi connectivity index (χ1n) is 9.02. The SMILES string of the molecule is Cl.Nc1ncc(/C=C/C(=O)O)cc1CN1CCC(Cc2ccccc2)CC1. The molecule has 0 bridgehead atoms. The molecule has 1 aliphatic rings. The van der Waals surface area contributed by atoms with Gasteiger partial charge in [0, 0.05) is 24.4 Å². The number of piperidine rings is 1. The van der Waals surface area contributed by atoms with Crippen LogP contribution in [0.2, 0.25) is 0 Å². The zero-order valence-corrected chi connectivity index (χ0v) is 16.1. The van der Waals surface area contributed by atoms with Crippen molar-refractivity contribution in [1.29, 1.82) is 0 Å². The van der Waals surface area contributed by atoms with E-state index in [0.717, 1.165) is 49.2 Å². The second kappa shape index (κ2) is 10.1. The van der Waals surface area contributed by atoms with Gasteiger partial charge in [-0.05, 0) is 61.5 Å². The summed E-state index contributed by atoms with van der Waals surface area (Å²) < 4.78 is 0. The second-order valence-corrected chi connectivity index (χ2v) is 6.89. The number of halogens is 1. The second-order valence-electron chi connectivity index (χ2n) is 6.89. The molecule has 0 atom stereocenters. The van der Waals surface area contributed by atoms with Crippen molar-refractivity contribution in [3.8, 4) is 0 Å². The van der Waals surface area contributed by atoms with Crippen LogP contribution in [0.25, 0.3) is 6.08 Å². The third-order valence-electron chi connectivity index (χ3n) is 4.91. The van der Waals surface area contributed by atoms with Crippen LogP contribution in [0, 0.1) is 5.92 Å². The standard InChI is InChI=1S/C21H25N3O2.ClH/c22-21-19(13-18(14-23-21)6-7-20(25)26)15-24-10-8-17(9-11-24)12-16-4-2-1-3-5-16;/h1-7,13-14,17H,8-12,15H2,(H2,22,23)(H,25,26);1H/b7-6+;. The van der Waals surface area contributed by atoms with Crippen molar-refractivity contribution in [2.24, 2.45) is 5.92 Å². The van der Waals surface area contributed by atoms with E-state index in [4.69, 9.17) is 10.8 Å². The Bertz CT molecular complexity index is 772. The Morgan fingerprint density at radius 1 is 1.26 bits per heavy atom. The van der Waals surface area contributed by atoms with Crippen LogP contribution < -0.4 is 5.73 Å². The summed E-state index contributed by atoms with van der Waals surface area (Å²) in [5.41, 5.74) is 9.15. The number of carboxylic acid groups (broad SMARTS) is 1. The summed E-state index contributed by atoms with van der Waals surface area (Å²) in [6.45, 7) is 2.85. The van der Waals surface area contributed by atoms with E-state index in [1.54, 1.807) is 12.3 Å². The number of carbonyl (C=O) groups is 1. The number of rotatable bonds is 6. The van der Waals surface area contributed by atoms with E-state index >= 15 is 0 Å². The lowest BCUT2D eigenvalue weighted by Gasteiger charge is -2.32. The van der Waals surface area contributed by atoms with E-state index in [1.807, 2.05) is 6.07 Å². The lowest BCUT2D eigenvalue weighted by molar-refractivity contribution is -0.131. The van der Waals surface area contributed by atoms with Gasteiger partial charge in [0.25, 0.3) is 0 Å². The molecule has 5 nitrogen and oxygen atoms in total. The quantitative estimate of drug-likeness (QED) is 0.740. The molecule has 3 N–H and O–H groups in total. The van der Waals surface area contributed by atoms with Crippen LogP contribution in [-0.4, -0.2) is 34.0 Å². The van der Waals surface area contributed by atoms with Crippen molar-refractivity contribution >= 4 is 30.3 Å². The monoisotopic (exact) mass is 387 g/mol. The number of carboxylic acids is 1. The van der Waals surface area contributed by atoms with Gasteiger partial charge in [-0.15, -0.1) is 12.4 Å². The Balaban J connectivity index is 0.00000261. The van der Waals surface area contributed by atoms with E-state index in [0.29, 0.717) is 5.82 Å². The van der Waals surface area contributed by atoms with E-state index in [2.05, 4.69) is 40.2 Å². The lowest BCUT2D eigenvalue weighted by atomic mass is 9.90. The maximum atomic E-state index is 10.7. The van der Waals surface area contributed by atoms with Gasteiger partial charge < -0.3 is 10.8 Å². The summed E-state index contributed by atoms with van der Waals surface area (Å²) in [6.07, 6.45) is 7.77. The number of pyridine rings is 1. The van der Waals surface area contributed by atoms with Crippen molar-refractivity contribution in [3.63, 3.8) is 0 Å². The van der Waals surface area contributed by atoms with E-state index < -0.39 is 5.97 Å². The zero-order chi connectivity index (χ0) is 18.4. The summed E-state index contributed by atoms with van der Waals surface area (Å²) in [5, 5.41) is 8.75. The van der Waals surface area contributed by atoms with Crippen LogP contribution in [0.4, 0.5) is 5.82 Å². The fourth-order valence-corrected chi connectivity index (χ4v) is 3.46. The highest BCUT2D eigenvalue weighted by Crippen LogP contribution is 2.24. The molecule has 0 amide bonds. The smallest absolute Gasteiger partial charge is 0.328 e. The van der Waals surface area contributed by atoms with Gasteiger partial charge in [-0.25, -0.2) is 9.78 Å². The van der Waals surface area contributed by atoms with Gasteiger partial charge in [0.2, 0.25) is 0 Å². The molecule has 0 radical (unpaired) electrons. The number of hydrogen-bond acceptors (Lipinski definition) is 4. The van der Waals surface area contributed by atoms with Crippen LogP contribution in [-0.2, 0) is 17.8 Å². The van der Waals surface area contributed by atoms with Gasteiger partial charge in [0.15, 0.2) is 0 Å². The fourth-order valence-electron chi connectivity index (χ4n) is 3.46. The van der Waals surface area contributed by atoms with E-state index in [1.165, 1.54) is 18.4 Å². The highest BCUT2D eigenvalue weighted by Gasteiger charge is 2.20. The first kappa shape index (κ1) is 20.9. The maximum absolute atomic E-state index is 10.7. The zero-order valence-electron chi connectivity index (χ0n) is 15.3. The van der Waals surface area contributed by atoms with Crippen LogP contribution in [0.15, 0.2) is 48.7 Å². The number of benzene rings is 1. The Kier molecular flexibility index (Phi) is 7.82. The number of nitrogen functional groups attached to an aromatic ring is 1. The number of nitrogens with two attached hydrogens (primary N) is 1. The summed E-state index contributed by atoms with van der Waals surface area (Å²) in [6, 6.07) is 12.6. The predicted octanol–water partition coefficient (Wildman–Crippen LogP) is 3.64. The largest absolute Gasteiger partial charge is 0.478 e. The van der Waals surface area contributed by atoms with E-state index in [9.17, 15) is 4.79 Å². The molecular weight excluding hydrogens is 362 g/mol. The molecule has 6 heteroatoms. The molecule has 2 aromatic rings. The van der Waals surface area contributed by atoms with Crippen molar-refractivity contribution in [3.05, 3.63) is 65.4 Å². The van der Waals surface area contributed by atoms with Crippen LogP contribution in [0.1, 0.15) is 29.5 Å². The fraction of sp³-hybridized carbons (Fsp3) is 0.333. The molecule has 1 saturated heterocycles. The Morgan fingerprint density at radius 3 is 2.63 bits per heavy atom. The number of aromatic nitrogens is 1. The number of anilines is 1. The van der Waals surface area contributed by atoms with E-state index in [-0.39, 0.29) is 12.4 Å². The van der Waals surface area contributed by atoms with Gasteiger partial charge >= 0.3 is 5.97 Å². The third kappa shape index (κ3) is 6.38. The third-order valence-corrected chi connectivity index (χ3v) is 4.91. The first-order valence-corrected chi connectivity index (χ1v) is 9.02. The van der Waals surface area contributed by atoms with Gasteiger partial charge in [0.05, 0.1) is 0 Å². The van der Waals surface area contributed by atoms with Crippen molar-refractivity contribution < 1.29 is 9.90 Å². The Morgan fingerprint density at radius 2 is 1.96 bits per heavy atom. The molecule has 1 aliphatic heterocycles. The number of hydrogen-bond donors (Lipinski definition) is 2. The highest BCUT2D eigenvalue weighted by molar-refractivity contribution is 5.85. The molecule has 1 aromatic carbocycles. The molecule has 1 aromatic heterocycles. The normalized spacial score (nSPS) is 15.6. The molecule has 1 fully saturated rings. The molecule has 3 rings (SSSR count). The van der Waals surface area contributed by atoms with Crippen molar-refractivity contribution in [1.82, 2.24) is 9.88 Å². The van der Waals surface area contributed by atoms with Crippen molar-refractivity contribution in [2.45, 2.75) is 25.8 Å². The van der Waals surface area contributed by atoms with Crippen molar-refractivity contribution in [2.75, 3.05) is 18.8 Å². The molecule has 0 aliphatic carbocycles. The van der Waals surface area contributed by atoms with Crippen LogP contribution in [0.3, 0.4) is 0 Å². The van der Waals surface area contributed by atoms with Gasteiger partial charge in [0.1, 0.15) is 5.82 Å². The first-order chi connectivity index (χ1) is 12.6. The average Bonchev–Trinajstić information content (AvgIpc) is 2.65. The lowest BCUT2D eigenvalue weighted by Crippen LogP contribution is -2.34. The molecule has 0 saturated carbocycles. The molecular formula is C21H26ClN3O2. The molecule has 0 unspecified atom stereocenters. The van der Waals surface area contributed by atoms with Gasteiger partial charge in [-0.3, -0.25) is 4.90 Å². The average molecular weight is 388 g/mol. The summed E-state index contributed by atoms with van der Waals surface area (Å²) in [7, 11) is 0. The van der Waals surface area contributed by atoms with Gasteiger partial charge in [-0.1, -0.05) is 30.3 Å². The number of aliphatic carboxylic acids is 1. The summed E-state index contributed by atoms with van der Waals surface area (Å²) in [4.78, 5) is 17.3. The number of likely N-dealkylation sites (tertiary alicyclic amines) is 1.